The van der Waals surface area contributed by atoms with Crippen LogP contribution in [0.2, 0.25) is 10.0 Å². The van der Waals surface area contributed by atoms with E-state index in [0.717, 1.165) is 36.1 Å². The molecular weight excluding hydrogens is 433 g/mol. The van der Waals surface area contributed by atoms with Crippen LogP contribution in [0.3, 0.4) is 0 Å². The molecule has 0 atom stereocenters. The predicted octanol–water partition coefficient (Wildman–Crippen LogP) is 6.52. The number of halogens is 2. The van der Waals surface area contributed by atoms with Crippen molar-refractivity contribution in [3.05, 3.63) is 57.8 Å². The van der Waals surface area contributed by atoms with Crippen molar-refractivity contribution >= 4 is 40.1 Å². The molecule has 0 saturated heterocycles. The molecule has 1 aliphatic carbocycles. The van der Waals surface area contributed by atoms with Gasteiger partial charge in [-0.15, -0.1) is 0 Å². The van der Waals surface area contributed by atoms with Gasteiger partial charge < -0.3 is 14.2 Å². The lowest BCUT2D eigenvalue weighted by Crippen LogP contribution is -2.33. The van der Waals surface area contributed by atoms with E-state index in [4.69, 9.17) is 32.9 Å². The van der Waals surface area contributed by atoms with Crippen LogP contribution in [0.5, 0.6) is 5.75 Å². The number of methoxy groups -OCH3 is 1. The molecular formula is C24H27Cl2N3O2. The standard InChI is InChI=1S/C24H27Cl2N3O2/c1-3-12-28(24(30)19-13-16(25)9-11-22(19)31-2)15-23-27-20-10-8-17(26)14-21(20)29(23)18-6-4-5-7-18/h8-11,13-14,18H,3-7,12,15H2,1-2H3. The van der Waals surface area contributed by atoms with E-state index >= 15 is 0 Å². The van der Waals surface area contributed by atoms with E-state index < -0.39 is 0 Å². The summed E-state index contributed by atoms with van der Waals surface area (Å²) in [7, 11) is 1.56. The maximum Gasteiger partial charge on any atom is 0.258 e. The van der Waals surface area contributed by atoms with Gasteiger partial charge in [-0.05, 0) is 55.7 Å². The highest BCUT2D eigenvalue weighted by atomic mass is 35.5. The number of rotatable bonds is 7. The van der Waals surface area contributed by atoms with Crippen molar-refractivity contribution in [1.29, 1.82) is 0 Å². The zero-order valence-corrected chi connectivity index (χ0v) is 19.4. The predicted molar refractivity (Wildman–Crippen MR) is 125 cm³/mol. The zero-order valence-electron chi connectivity index (χ0n) is 17.9. The number of carbonyl (C=O) groups excluding carboxylic acids is 1. The third kappa shape index (κ3) is 4.53. The number of amides is 1. The van der Waals surface area contributed by atoms with Crippen LogP contribution in [0.1, 0.15) is 61.3 Å². The fourth-order valence-electron chi connectivity index (χ4n) is 4.51. The molecule has 0 spiro atoms. The minimum absolute atomic E-state index is 0.107. The molecule has 4 rings (SSSR count). The summed E-state index contributed by atoms with van der Waals surface area (Å²) in [6.45, 7) is 3.10. The number of benzene rings is 2. The minimum atomic E-state index is -0.107. The van der Waals surface area contributed by atoms with E-state index in [9.17, 15) is 4.79 Å². The summed E-state index contributed by atoms with van der Waals surface area (Å²) < 4.78 is 7.73. The quantitative estimate of drug-likeness (QED) is 0.403. The maximum atomic E-state index is 13.5. The van der Waals surface area contributed by atoms with E-state index in [2.05, 4.69) is 11.5 Å². The molecule has 0 aliphatic heterocycles. The number of fused-ring (bicyclic) bond motifs is 1. The Bertz CT molecular complexity index is 1090. The van der Waals surface area contributed by atoms with Crippen molar-refractivity contribution in [1.82, 2.24) is 14.5 Å². The molecule has 0 unspecified atom stereocenters. The molecule has 3 aromatic rings. The summed E-state index contributed by atoms with van der Waals surface area (Å²) in [5.41, 5.74) is 2.42. The molecule has 0 N–H and O–H groups in total. The first-order valence-electron chi connectivity index (χ1n) is 10.8. The molecule has 1 amide bonds. The first-order valence-corrected chi connectivity index (χ1v) is 11.6. The SMILES string of the molecule is CCCN(Cc1nc2ccc(Cl)cc2n1C1CCCC1)C(=O)c1cc(Cl)ccc1OC. The lowest BCUT2D eigenvalue weighted by Gasteiger charge is -2.25. The van der Waals surface area contributed by atoms with E-state index in [1.54, 1.807) is 25.3 Å². The number of aromatic nitrogens is 2. The third-order valence-corrected chi connectivity index (χ3v) is 6.39. The Morgan fingerprint density at radius 3 is 2.58 bits per heavy atom. The molecule has 0 radical (unpaired) electrons. The molecule has 7 heteroatoms. The number of hydrogen-bond donors (Lipinski definition) is 0. The molecule has 164 valence electrons. The lowest BCUT2D eigenvalue weighted by atomic mass is 10.1. The number of carbonyl (C=O) groups is 1. The van der Waals surface area contributed by atoms with E-state index in [-0.39, 0.29) is 5.91 Å². The van der Waals surface area contributed by atoms with Gasteiger partial charge in [-0.3, -0.25) is 4.79 Å². The Hall–Kier alpha value is -2.24. The topological polar surface area (TPSA) is 47.4 Å². The summed E-state index contributed by atoms with van der Waals surface area (Å²) in [5, 5.41) is 1.21. The van der Waals surface area contributed by atoms with Crippen LogP contribution in [0.4, 0.5) is 0 Å². The Balaban J connectivity index is 1.74. The molecule has 31 heavy (non-hydrogen) atoms. The van der Waals surface area contributed by atoms with Gasteiger partial charge in [-0.1, -0.05) is 43.0 Å². The van der Waals surface area contributed by atoms with Crippen LogP contribution >= 0.6 is 23.2 Å². The van der Waals surface area contributed by atoms with Gasteiger partial charge in [0.05, 0.1) is 30.3 Å². The van der Waals surface area contributed by atoms with Gasteiger partial charge in [-0.2, -0.15) is 0 Å². The Labute approximate surface area is 192 Å². The summed E-state index contributed by atoms with van der Waals surface area (Å²) in [6.07, 6.45) is 5.50. The van der Waals surface area contributed by atoms with Gasteiger partial charge in [0.1, 0.15) is 11.6 Å². The van der Waals surface area contributed by atoms with Crippen molar-refractivity contribution in [2.75, 3.05) is 13.7 Å². The number of nitrogens with zero attached hydrogens (tertiary/aromatic N) is 3. The van der Waals surface area contributed by atoms with Crippen LogP contribution in [-0.2, 0) is 6.54 Å². The van der Waals surface area contributed by atoms with Gasteiger partial charge in [0, 0.05) is 22.6 Å². The number of hydrogen-bond acceptors (Lipinski definition) is 3. The summed E-state index contributed by atoms with van der Waals surface area (Å²) in [4.78, 5) is 20.2. The largest absolute Gasteiger partial charge is 0.496 e. The van der Waals surface area contributed by atoms with Gasteiger partial charge in [0.25, 0.3) is 5.91 Å². The normalized spacial score (nSPS) is 14.3. The highest BCUT2D eigenvalue weighted by molar-refractivity contribution is 6.31. The van der Waals surface area contributed by atoms with Crippen LogP contribution in [-0.4, -0.2) is 34.0 Å². The third-order valence-electron chi connectivity index (χ3n) is 5.92. The number of ether oxygens (including phenoxy) is 1. The van der Waals surface area contributed by atoms with E-state index in [1.807, 2.05) is 23.1 Å². The average molecular weight is 460 g/mol. The molecule has 1 saturated carbocycles. The maximum absolute atomic E-state index is 13.5. The van der Waals surface area contributed by atoms with Crippen LogP contribution in [0.25, 0.3) is 11.0 Å². The lowest BCUT2D eigenvalue weighted by molar-refractivity contribution is 0.0733. The fourth-order valence-corrected chi connectivity index (χ4v) is 4.85. The Kier molecular flexibility index (Phi) is 6.73. The van der Waals surface area contributed by atoms with E-state index in [1.165, 1.54) is 12.8 Å². The minimum Gasteiger partial charge on any atom is -0.496 e. The Morgan fingerprint density at radius 2 is 1.87 bits per heavy atom. The molecule has 1 aromatic heterocycles. The first-order chi connectivity index (χ1) is 15.0. The molecule has 1 aliphatic rings. The van der Waals surface area contributed by atoms with Crippen LogP contribution < -0.4 is 4.74 Å². The summed E-state index contributed by atoms with van der Waals surface area (Å²) in [5.74, 6) is 1.31. The smallest absolute Gasteiger partial charge is 0.258 e. The second kappa shape index (κ2) is 9.49. The zero-order chi connectivity index (χ0) is 22.0. The van der Waals surface area contributed by atoms with Gasteiger partial charge in [-0.25, -0.2) is 4.98 Å². The highest BCUT2D eigenvalue weighted by Gasteiger charge is 2.26. The van der Waals surface area contributed by atoms with Gasteiger partial charge in [0.15, 0.2) is 0 Å². The first kappa shape index (κ1) is 22.0. The van der Waals surface area contributed by atoms with Crippen molar-refractivity contribution < 1.29 is 9.53 Å². The van der Waals surface area contributed by atoms with Gasteiger partial charge in [0.2, 0.25) is 0 Å². The molecule has 2 aromatic carbocycles. The molecule has 1 fully saturated rings. The van der Waals surface area contributed by atoms with Crippen molar-refractivity contribution in [3.63, 3.8) is 0 Å². The average Bonchev–Trinajstić information content (AvgIpc) is 3.40. The summed E-state index contributed by atoms with van der Waals surface area (Å²) >= 11 is 12.5. The van der Waals surface area contributed by atoms with Crippen molar-refractivity contribution in [3.8, 4) is 5.75 Å². The van der Waals surface area contributed by atoms with Crippen molar-refractivity contribution in [2.45, 2.75) is 51.6 Å². The second-order valence-electron chi connectivity index (χ2n) is 8.04. The fraction of sp³-hybridized carbons (Fsp3) is 0.417. The number of imidazole rings is 1. The monoisotopic (exact) mass is 459 g/mol. The molecule has 1 heterocycles. The molecule has 5 nitrogen and oxygen atoms in total. The summed E-state index contributed by atoms with van der Waals surface area (Å²) in [6, 6.07) is 11.3. The second-order valence-corrected chi connectivity index (χ2v) is 8.91. The highest BCUT2D eigenvalue weighted by Crippen LogP contribution is 2.35. The van der Waals surface area contributed by atoms with Gasteiger partial charge >= 0.3 is 0 Å². The van der Waals surface area contributed by atoms with Crippen molar-refractivity contribution in [2.24, 2.45) is 0 Å². The van der Waals surface area contributed by atoms with Crippen LogP contribution in [0.15, 0.2) is 36.4 Å². The Morgan fingerprint density at radius 1 is 1.16 bits per heavy atom. The molecule has 0 bridgehead atoms. The van der Waals surface area contributed by atoms with Crippen LogP contribution in [0, 0.1) is 0 Å². The van der Waals surface area contributed by atoms with E-state index in [0.29, 0.717) is 40.5 Å².